The van der Waals surface area contributed by atoms with Gasteiger partial charge in [0, 0.05) is 18.6 Å². The normalized spacial score (nSPS) is 11.2. The molecule has 0 aromatic heterocycles. The predicted octanol–water partition coefficient (Wildman–Crippen LogP) is 1.58. The summed E-state index contributed by atoms with van der Waals surface area (Å²) in [6.45, 7) is 2.11. The van der Waals surface area contributed by atoms with Gasteiger partial charge in [0.25, 0.3) is 0 Å². The summed E-state index contributed by atoms with van der Waals surface area (Å²) in [5, 5.41) is 0.419. The van der Waals surface area contributed by atoms with Crippen molar-refractivity contribution in [2.75, 3.05) is 30.7 Å². The van der Waals surface area contributed by atoms with Gasteiger partial charge in [-0.25, -0.2) is 8.42 Å². The summed E-state index contributed by atoms with van der Waals surface area (Å²) >= 11 is 5.85. The molecule has 7 heteroatoms. The fourth-order valence-electron chi connectivity index (χ4n) is 1.45. The van der Waals surface area contributed by atoms with E-state index in [1.807, 2.05) is 6.92 Å². The molecule has 1 aromatic carbocycles. The number of rotatable bonds is 5. The first kappa shape index (κ1) is 15.8. The minimum atomic E-state index is -3.54. The van der Waals surface area contributed by atoms with Crippen LogP contribution in [0.2, 0.25) is 5.02 Å². The van der Waals surface area contributed by atoms with E-state index in [0.717, 1.165) is 10.6 Å². The zero-order valence-corrected chi connectivity index (χ0v) is 12.7. The van der Waals surface area contributed by atoms with Crippen molar-refractivity contribution in [2.45, 2.75) is 6.92 Å². The number of halogens is 1. The number of nitrogens with zero attached hydrogens (tertiary/aromatic N) is 2. The highest BCUT2D eigenvalue weighted by Gasteiger charge is 2.22. The van der Waals surface area contributed by atoms with E-state index in [-0.39, 0.29) is 12.5 Å². The molecular formula is C12H17ClN2O3S. The van der Waals surface area contributed by atoms with Crippen LogP contribution in [-0.2, 0) is 14.8 Å². The van der Waals surface area contributed by atoms with E-state index in [9.17, 15) is 13.2 Å². The van der Waals surface area contributed by atoms with Crippen LogP contribution in [0.1, 0.15) is 6.92 Å². The lowest BCUT2D eigenvalue weighted by Gasteiger charge is -2.24. The fraction of sp³-hybridized carbons (Fsp3) is 0.417. The van der Waals surface area contributed by atoms with Crippen LogP contribution in [0.4, 0.5) is 5.69 Å². The Hall–Kier alpha value is -1.27. The summed E-state index contributed by atoms with van der Waals surface area (Å²) in [6.07, 6.45) is 1.06. The summed E-state index contributed by atoms with van der Waals surface area (Å²) in [6, 6.07) is 6.41. The number of carbonyl (C=O) groups is 1. The number of likely N-dealkylation sites (N-methyl/N-ethyl adjacent to an activating group) is 1. The molecule has 1 aromatic rings. The van der Waals surface area contributed by atoms with Gasteiger partial charge < -0.3 is 4.90 Å². The highest BCUT2D eigenvalue weighted by molar-refractivity contribution is 7.92. The van der Waals surface area contributed by atoms with Crippen LogP contribution in [0.3, 0.4) is 0 Å². The Balaban J connectivity index is 3.08. The highest BCUT2D eigenvalue weighted by atomic mass is 35.5. The maximum Gasteiger partial charge on any atom is 0.243 e. The van der Waals surface area contributed by atoms with Gasteiger partial charge in [-0.15, -0.1) is 0 Å². The largest absolute Gasteiger partial charge is 0.344 e. The van der Waals surface area contributed by atoms with Crippen molar-refractivity contribution in [3.05, 3.63) is 29.3 Å². The van der Waals surface area contributed by atoms with E-state index in [1.54, 1.807) is 25.2 Å². The van der Waals surface area contributed by atoms with Crippen LogP contribution < -0.4 is 4.31 Å². The Morgan fingerprint density at radius 3 is 2.47 bits per heavy atom. The number of anilines is 1. The molecule has 106 valence electrons. The van der Waals surface area contributed by atoms with E-state index >= 15 is 0 Å². The minimum absolute atomic E-state index is 0.233. The molecule has 0 radical (unpaired) electrons. The Morgan fingerprint density at radius 1 is 1.37 bits per heavy atom. The zero-order valence-electron chi connectivity index (χ0n) is 11.1. The molecule has 0 heterocycles. The quantitative estimate of drug-likeness (QED) is 0.830. The van der Waals surface area contributed by atoms with Gasteiger partial charge in [0.2, 0.25) is 15.9 Å². The van der Waals surface area contributed by atoms with Crippen molar-refractivity contribution < 1.29 is 13.2 Å². The first-order chi connectivity index (χ1) is 8.75. The average molecular weight is 305 g/mol. The third-order valence-electron chi connectivity index (χ3n) is 2.68. The van der Waals surface area contributed by atoms with Crippen molar-refractivity contribution in [3.8, 4) is 0 Å². The first-order valence-electron chi connectivity index (χ1n) is 5.73. The van der Waals surface area contributed by atoms with E-state index in [2.05, 4.69) is 0 Å². The molecule has 0 spiro atoms. The molecule has 5 nitrogen and oxygen atoms in total. The van der Waals surface area contributed by atoms with Crippen LogP contribution in [0, 0.1) is 0 Å². The molecule has 0 fully saturated rings. The van der Waals surface area contributed by atoms with Gasteiger partial charge >= 0.3 is 0 Å². The van der Waals surface area contributed by atoms with Gasteiger partial charge in [-0.2, -0.15) is 0 Å². The number of sulfonamides is 1. The van der Waals surface area contributed by atoms with Crippen LogP contribution in [0.25, 0.3) is 0 Å². The van der Waals surface area contributed by atoms with E-state index in [4.69, 9.17) is 11.6 Å². The minimum Gasteiger partial charge on any atom is -0.344 e. The fourth-order valence-corrected chi connectivity index (χ4v) is 2.48. The highest BCUT2D eigenvalue weighted by Crippen LogP contribution is 2.21. The second kappa shape index (κ2) is 6.25. The molecule has 0 N–H and O–H groups in total. The van der Waals surface area contributed by atoms with Crippen molar-refractivity contribution >= 4 is 33.2 Å². The second-order valence-corrected chi connectivity index (χ2v) is 6.50. The lowest BCUT2D eigenvalue weighted by atomic mass is 10.3. The number of hydrogen-bond donors (Lipinski definition) is 0. The number of amides is 1. The molecule has 0 atom stereocenters. The summed E-state index contributed by atoms with van der Waals surface area (Å²) < 4.78 is 24.7. The average Bonchev–Trinajstić information content (AvgIpc) is 2.33. The summed E-state index contributed by atoms with van der Waals surface area (Å²) in [7, 11) is -1.92. The summed E-state index contributed by atoms with van der Waals surface area (Å²) in [5.41, 5.74) is 0.382. The lowest BCUT2D eigenvalue weighted by molar-refractivity contribution is -0.128. The predicted molar refractivity (Wildman–Crippen MR) is 77.0 cm³/mol. The van der Waals surface area contributed by atoms with Crippen LogP contribution >= 0.6 is 11.6 Å². The van der Waals surface area contributed by atoms with E-state index < -0.39 is 10.0 Å². The number of carbonyl (C=O) groups excluding carboxylic acids is 1. The second-order valence-electron chi connectivity index (χ2n) is 4.16. The maximum absolute atomic E-state index is 11.9. The Morgan fingerprint density at radius 2 is 2.00 bits per heavy atom. The summed E-state index contributed by atoms with van der Waals surface area (Å²) in [4.78, 5) is 13.3. The molecule has 0 aliphatic rings. The van der Waals surface area contributed by atoms with Crippen LogP contribution in [0.5, 0.6) is 0 Å². The SMILES string of the molecule is CCN(C)C(=O)CN(c1cccc(Cl)c1)S(C)(=O)=O. The maximum atomic E-state index is 11.9. The Labute approximate surface area is 118 Å². The lowest BCUT2D eigenvalue weighted by Crippen LogP contribution is -2.41. The third-order valence-corrected chi connectivity index (χ3v) is 4.05. The third kappa shape index (κ3) is 4.40. The van der Waals surface area contributed by atoms with Gasteiger partial charge in [0.05, 0.1) is 11.9 Å². The molecule has 0 aliphatic carbocycles. The van der Waals surface area contributed by atoms with Crippen molar-refractivity contribution in [3.63, 3.8) is 0 Å². The summed E-state index contributed by atoms with van der Waals surface area (Å²) in [5.74, 6) is -0.270. The zero-order chi connectivity index (χ0) is 14.6. The Kier molecular flexibility index (Phi) is 5.20. The molecule has 0 aliphatic heterocycles. The molecule has 0 unspecified atom stereocenters. The molecule has 1 amide bonds. The van der Waals surface area contributed by atoms with Crippen molar-refractivity contribution in [2.24, 2.45) is 0 Å². The van der Waals surface area contributed by atoms with Gasteiger partial charge in [-0.1, -0.05) is 17.7 Å². The van der Waals surface area contributed by atoms with Gasteiger partial charge in [-0.05, 0) is 25.1 Å². The molecule has 1 rings (SSSR count). The van der Waals surface area contributed by atoms with Gasteiger partial charge in [0.15, 0.2) is 0 Å². The number of benzene rings is 1. The molecular weight excluding hydrogens is 288 g/mol. The van der Waals surface area contributed by atoms with Crippen LogP contribution in [-0.4, -0.2) is 45.6 Å². The van der Waals surface area contributed by atoms with E-state index in [1.165, 1.54) is 11.0 Å². The molecule has 0 bridgehead atoms. The molecule has 0 saturated heterocycles. The van der Waals surface area contributed by atoms with Gasteiger partial charge in [0.1, 0.15) is 6.54 Å². The van der Waals surface area contributed by atoms with Crippen LogP contribution in [0.15, 0.2) is 24.3 Å². The smallest absolute Gasteiger partial charge is 0.243 e. The standard InChI is InChI=1S/C12H17ClN2O3S/c1-4-14(2)12(16)9-15(19(3,17)18)11-7-5-6-10(13)8-11/h5-8H,4,9H2,1-3H3. The number of hydrogen-bond acceptors (Lipinski definition) is 3. The van der Waals surface area contributed by atoms with Crippen molar-refractivity contribution in [1.29, 1.82) is 0 Å². The molecule has 0 saturated carbocycles. The Bertz CT molecular complexity index is 560. The topological polar surface area (TPSA) is 57.7 Å². The van der Waals surface area contributed by atoms with E-state index in [0.29, 0.717) is 17.3 Å². The van der Waals surface area contributed by atoms with Gasteiger partial charge in [-0.3, -0.25) is 9.10 Å². The molecule has 19 heavy (non-hydrogen) atoms. The van der Waals surface area contributed by atoms with Crippen molar-refractivity contribution in [1.82, 2.24) is 4.90 Å². The first-order valence-corrected chi connectivity index (χ1v) is 7.95. The monoisotopic (exact) mass is 304 g/mol.